The maximum atomic E-state index is 13.3. The molecule has 0 spiro atoms. The summed E-state index contributed by atoms with van der Waals surface area (Å²) in [5.41, 5.74) is 1.57. The molecule has 0 saturated carbocycles. The minimum atomic E-state index is -0.860. The van der Waals surface area contributed by atoms with Gasteiger partial charge in [-0.1, -0.05) is 36.0 Å². The van der Waals surface area contributed by atoms with Crippen LogP contribution in [0.5, 0.6) is 11.7 Å². The largest absolute Gasteiger partial charge is 0.539 e. The number of amidine groups is 1. The van der Waals surface area contributed by atoms with Crippen LogP contribution in [0.1, 0.15) is 16.2 Å². The first-order valence-electron chi connectivity index (χ1n) is 11.1. The number of pyridine rings is 1. The monoisotopic (exact) mass is 513 g/mol. The minimum Gasteiger partial charge on any atom is -0.539 e. The summed E-state index contributed by atoms with van der Waals surface area (Å²) in [6, 6.07) is 21.0. The number of Topliss-reactive ketones (excluding diaryl/α,β-unsaturated/α-hetero) is 1. The maximum absolute atomic E-state index is 13.3. The van der Waals surface area contributed by atoms with Crippen molar-refractivity contribution in [3.8, 4) is 17.4 Å². The van der Waals surface area contributed by atoms with Crippen molar-refractivity contribution in [2.45, 2.75) is 0 Å². The van der Waals surface area contributed by atoms with E-state index in [9.17, 15) is 14.7 Å². The van der Waals surface area contributed by atoms with Crippen LogP contribution >= 0.6 is 11.8 Å². The Morgan fingerprint density at radius 3 is 2.57 bits per heavy atom. The smallest absolute Gasteiger partial charge is 0.307 e. The molecule has 1 aliphatic rings. The van der Waals surface area contributed by atoms with Gasteiger partial charge in [-0.25, -0.2) is 4.99 Å². The number of ketones is 1. The second-order valence-corrected chi connectivity index (χ2v) is 8.63. The molecule has 0 N–H and O–H groups in total. The van der Waals surface area contributed by atoms with Crippen LogP contribution in [0.4, 0.5) is 5.69 Å². The predicted octanol–water partition coefficient (Wildman–Crippen LogP) is 2.79. The van der Waals surface area contributed by atoms with Gasteiger partial charge in [0.2, 0.25) is 11.5 Å². The number of aromatic nitrogens is 3. The van der Waals surface area contributed by atoms with Crippen LogP contribution < -0.4 is 19.4 Å². The van der Waals surface area contributed by atoms with Crippen molar-refractivity contribution in [2.75, 3.05) is 17.8 Å². The number of hydrogen-bond donors (Lipinski definition) is 0. The van der Waals surface area contributed by atoms with Crippen molar-refractivity contribution >= 4 is 40.4 Å². The van der Waals surface area contributed by atoms with E-state index in [1.807, 2.05) is 12.1 Å². The number of methoxy groups -OCH3 is 1. The molecule has 0 atom stereocenters. The lowest BCUT2D eigenvalue weighted by molar-refractivity contribution is -0.672. The molecule has 0 aliphatic carbocycles. The molecule has 37 heavy (non-hydrogen) atoms. The van der Waals surface area contributed by atoms with Crippen LogP contribution in [0.15, 0.2) is 94.2 Å². The molecule has 0 fully saturated rings. The fourth-order valence-corrected chi connectivity index (χ4v) is 4.46. The van der Waals surface area contributed by atoms with Gasteiger partial charge in [-0.05, 0) is 47.2 Å². The number of rotatable bonds is 7. The summed E-state index contributed by atoms with van der Waals surface area (Å²) in [4.78, 5) is 36.6. The van der Waals surface area contributed by atoms with Crippen molar-refractivity contribution < 1.29 is 28.6 Å². The summed E-state index contributed by atoms with van der Waals surface area (Å²) in [5.74, 6) is -1.31. The van der Waals surface area contributed by atoms with Gasteiger partial charge in [0.25, 0.3) is 5.91 Å². The summed E-state index contributed by atoms with van der Waals surface area (Å²) in [6.07, 6.45) is 3.21. The highest BCUT2D eigenvalue weighted by atomic mass is 32.2. The zero-order chi connectivity index (χ0) is 25.8. The molecule has 10 nitrogen and oxygen atoms in total. The van der Waals surface area contributed by atoms with E-state index in [1.54, 1.807) is 72.9 Å². The number of carbonyl (C=O) groups is 2. The van der Waals surface area contributed by atoms with Crippen LogP contribution in [0.2, 0.25) is 0 Å². The van der Waals surface area contributed by atoms with E-state index in [-0.39, 0.29) is 23.1 Å². The molecular formula is C26H19N5O5S. The van der Waals surface area contributed by atoms with Gasteiger partial charge in [-0.15, -0.1) is 0 Å². The molecule has 2 aromatic carbocycles. The van der Waals surface area contributed by atoms with Gasteiger partial charge < -0.3 is 14.4 Å². The van der Waals surface area contributed by atoms with Crippen LogP contribution in [0, 0.1) is 0 Å². The molecule has 1 amide bonds. The average Bonchev–Trinajstić information content (AvgIpc) is 3.47. The summed E-state index contributed by atoms with van der Waals surface area (Å²) in [6.45, 7) is 0. The van der Waals surface area contributed by atoms with Gasteiger partial charge in [0.05, 0.1) is 29.5 Å². The molecule has 0 unspecified atom stereocenters. The number of amides is 1. The molecule has 2 aromatic heterocycles. The van der Waals surface area contributed by atoms with E-state index < -0.39 is 11.7 Å². The quantitative estimate of drug-likeness (QED) is 0.210. The van der Waals surface area contributed by atoms with Crippen LogP contribution in [0.3, 0.4) is 0 Å². The van der Waals surface area contributed by atoms with E-state index in [4.69, 9.17) is 9.26 Å². The second-order valence-electron chi connectivity index (χ2n) is 7.69. The third-order valence-corrected chi connectivity index (χ3v) is 6.28. The van der Waals surface area contributed by atoms with E-state index in [0.29, 0.717) is 28.0 Å². The highest BCUT2D eigenvalue weighted by Gasteiger charge is 2.34. The zero-order valence-electron chi connectivity index (χ0n) is 19.5. The fraction of sp³-hybridized carbons (Fsp3) is 0.0769. The second kappa shape index (κ2) is 10.5. The molecule has 0 saturated heterocycles. The van der Waals surface area contributed by atoms with Crippen LogP contribution in [0.25, 0.3) is 11.8 Å². The number of ether oxygens (including phenoxy) is 1. The molecular weight excluding hydrogens is 494 g/mol. The minimum absolute atomic E-state index is 0.181. The number of carbonyl (C=O) groups excluding carboxylic acids is 2. The van der Waals surface area contributed by atoms with Gasteiger partial charge in [-0.2, -0.15) is 0 Å². The summed E-state index contributed by atoms with van der Waals surface area (Å²) < 4.78 is 11.1. The number of para-hydroxylation sites is 1. The molecule has 11 heteroatoms. The maximum Gasteiger partial charge on any atom is 0.307 e. The molecule has 1 aliphatic heterocycles. The Labute approximate surface area is 215 Å². The Kier molecular flexibility index (Phi) is 6.77. The van der Waals surface area contributed by atoms with E-state index in [1.165, 1.54) is 12.0 Å². The van der Waals surface area contributed by atoms with Gasteiger partial charge in [0, 0.05) is 18.3 Å². The van der Waals surface area contributed by atoms with Gasteiger partial charge in [0.15, 0.2) is 11.1 Å². The van der Waals surface area contributed by atoms with Crippen LogP contribution in [-0.2, 0) is 4.79 Å². The topological polar surface area (TPSA) is 125 Å². The summed E-state index contributed by atoms with van der Waals surface area (Å²) in [7, 11) is 1.53. The number of anilines is 1. The first kappa shape index (κ1) is 23.9. The normalized spacial score (nSPS) is 14.2. The van der Waals surface area contributed by atoms with E-state index >= 15 is 0 Å². The highest BCUT2D eigenvalue weighted by molar-refractivity contribution is 8.14. The van der Waals surface area contributed by atoms with Gasteiger partial charge in [0.1, 0.15) is 11.4 Å². The number of aliphatic imine (C=N–C) groups is 1. The summed E-state index contributed by atoms with van der Waals surface area (Å²) in [5, 5.41) is 16.4. The number of nitrogens with zero attached hydrogens (tertiary/aromatic N) is 5. The third kappa shape index (κ3) is 4.98. The van der Waals surface area contributed by atoms with Gasteiger partial charge in [-0.3, -0.25) is 19.5 Å². The lowest BCUT2D eigenvalue weighted by atomic mass is 10.2. The molecule has 5 rings (SSSR count). The highest BCUT2D eigenvalue weighted by Crippen LogP contribution is 2.29. The first-order valence-corrected chi connectivity index (χ1v) is 12.0. The average molecular weight is 514 g/mol. The zero-order valence-corrected chi connectivity index (χ0v) is 20.3. The van der Waals surface area contributed by atoms with Crippen molar-refractivity contribution in [1.82, 2.24) is 10.3 Å². The van der Waals surface area contributed by atoms with Crippen LogP contribution in [-0.4, -0.2) is 40.0 Å². The Hall–Kier alpha value is -4.77. The molecule has 3 heterocycles. The van der Waals surface area contributed by atoms with Crippen molar-refractivity contribution in [1.29, 1.82) is 0 Å². The van der Waals surface area contributed by atoms with E-state index in [2.05, 4.69) is 15.2 Å². The number of benzene rings is 2. The Bertz CT molecular complexity index is 1500. The number of thioether (sulfide) groups is 1. The predicted molar refractivity (Wildman–Crippen MR) is 134 cm³/mol. The van der Waals surface area contributed by atoms with Crippen molar-refractivity contribution in [3.63, 3.8) is 0 Å². The van der Waals surface area contributed by atoms with Gasteiger partial charge >= 0.3 is 5.69 Å². The SMILES string of the molecule is COc1ccc(-[n+]2noc([O-])c2C(=O)CSC2=N/C(=C/c3ccccn3)C(=O)N2c2ccccc2)cc1. The number of hydrogen-bond acceptors (Lipinski definition) is 9. The Balaban J connectivity index is 1.42. The molecule has 4 aromatic rings. The lowest BCUT2D eigenvalue weighted by Crippen LogP contribution is -2.39. The van der Waals surface area contributed by atoms with Crippen molar-refractivity contribution in [3.05, 3.63) is 96.1 Å². The van der Waals surface area contributed by atoms with Crippen molar-refractivity contribution in [2.24, 2.45) is 4.99 Å². The standard InChI is InChI=1S/C26H19N5O5S/c1-35-20-12-10-19(11-13-20)31-23(25(34)36-29-31)22(32)16-37-26-28-21(15-17-7-5-6-14-27-17)24(33)30(26)18-8-3-2-4-9-18/h2-15H,16H2,1H3/b21-15+. The molecule has 184 valence electrons. The Morgan fingerprint density at radius 2 is 1.86 bits per heavy atom. The molecule has 0 radical (unpaired) electrons. The summed E-state index contributed by atoms with van der Waals surface area (Å²) >= 11 is 1.03. The van der Waals surface area contributed by atoms with E-state index in [0.717, 1.165) is 16.4 Å². The lowest BCUT2D eigenvalue weighted by Gasteiger charge is -2.17. The first-order chi connectivity index (χ1) is 18.0. The third-order valence-electron chi connectivity index (χ3n) is 5.34. The fourth-order valence-electron chi connectivity index (χ4n) is 3.58. The molecule has 0 bridgehead atoms. The Morgan fingerprint density at radius 1 is 1.11 bits per heavy atom.